The number of hydrogen-bond acceptors (Lipinski definition) is 7. The number of nitriles is 1. The lowest BCUT2D eigenvalue weighted by atomic mass is 9.90. The molecule has 6 rings (SSSR count). The van der Waals surface area contributed by atoms with E-state index in [-0.39, 0.29) is 12.3 Å². The molecule has 0 saturated heterocycles. The zero-order chi connectivity index (χ0) is 26.6. The van der Waals surface area contributed by atoms with E-state index in [0.29, 0.717) is 21.5 Å². The van der Waals surface area contributed by atoms with Crippen molar-refractivity contribution < 1.29 is 4.79 Å². The number of fused-ring (bicyclic) bond motifs is 3. The van der Waals surface area contributed by atoms with Crippen LogP contribution in [-0.4, -0.2) is 26.8 Å². The van der Waals surface area contributed by atoms with Crippen molar-refractivity contribution in [3.05, 3.63) is 102 Å². The van der Waals surface area contributed by atoms with Gasteiger partial charge in [0.05, 0.1) is 5.56 Å². The molecule has 1 amide bonds. The van der Waals surface area contributed by atoms with Crippen LogP contribution in [0, 0.1) is 11.3 Å². The average Bonchev–Trinajstić information content (AvgIpc) is 3.35. The maximum Gasteiger partial charge on any atom is 0.225 e. The fourth-order valence-corrected chi connectivity index (χ4v) is 6.73. The number of thiophene rings is 1. The molecule has 0 saturated carbocycles. The standard InChI is InChI=1S/C31H23N5OS2/c32-19-25-24-16-15-20-9-7-8-14-23(20)29(24)39-30(25)33-26(37)17-18-38-31-34-27(21-10-3-1-4-11-21)28(35-36-31)22-12-5-2-6-13-22/h1-14H,15-18H2,(H,33,37). The highest BCUT2D eigenvalue weighted by molar-refractivity contribution is 7.99. The van der Waals surface area contributed by atoms with Gasteiger partial charge in [-0.2, -0.15) is 5.26 Å². The number of amides is 1. The zero-order valence-electron chi connectivity index (χ0n) is 20.9. The highest BCUT2D eigenvalue weighted by Gasteiger charge is 2.25. The Bertz CT molecular complexity index is 1690. The monoisotopic (exact) mass is 545 g/mol. The molecule has 3 aromatic carbocycles. The van der Waals surface area contributed by atoms with Crippen molar-refractivity contribution in [3.63, 3.8) is 0 Å². The van der Waals surface area contributed by atoms with E-state index >= 15 is 0 Å². The van der Waals surface area contributed by atoms with Crippen LogP contribution in [0.3, 0.4) is 0 Å². The van der Waals surface area contributed by atoms with Gasteiger partial charge < -0.3 is 5.32 Å². The van der Waals surface area contributed by atoms with Crippen LogP contribution < -0.4 is 5.32 Å². The quantitative estimate of drug-likeness (QED) is 0.221. The molecule has 39 heavy (non-hydrogen) atoms. The Balaban J connectivity index is 1.16. The Morgan fingerprint density at radius 2 is 1.59 bits per heavy atom. The minimum Gasteiger partial charge on any atom is -0.317 e. The van der Waals surface area contributed by atoms with Gasteiger partial charge in [0.25, 0.3) is 0 Å². The average molecular weight is 546 g/mol. The summed E-state index contributed by atoms with van der Waals surface area (Å²) in [6.07, 6.45) is 1.98. The summed E-state index contributed by atoms with van der Waals surface area (Å²) in [4.78, 5) is 18.8. The molecule has 190 valence electrons. The van der Waals surface area contributed by atoms with Crippen molar-refractivity contribution in [2.45, 2.75) is 24.4 Å². The minimum absolute atomic E-state index is 0.136. The third-order valence-corrected chi connectivity index (χ3v) is 8.62. The van der Waals surface area contributed by atoms with E-state index in [0.717, 1.165) is 51.4 Å². The number of rotatable bonds is 7. The molecular formula is C31H23N5OS2. The number of aryl methyl sites for hydroxylation is 1. The van der Waals surface area contributed by atoms with Gasteiger partial charge >= 0.3 is 0 Å². The van der Waals surface area contributed by atoms with Crippen LogP contribution in [0.15, 0.2) is 90.1 Å². The third kappa shape index (κ3) is 5.19. The Morgan fingerprint density at radius 3 is 2.33 bits per heavy atom. The number of carbonyl (C=O) groups is 1. The maximum atomic E-state index is 12.9. The number of carbonyl (C=O) groups excluding carboxylic acids is 1. The number of thioether (sulfide) groups is 1. The van der Waals surface area contributed by atoms with Gasteiger partial charge in [-0.05, 0) is 29.5 Å². The van der Waals surface area contributed by atoms with Crippen LogP contribution >= 0.6 is 23.1 Å². The Morgan fingerprint density at radius 1 is 0.897 bits per heavy atom. The SMILES string of the molecule is N#Cc1c(NC(=O)CCSc2nnc(-c3ccccc3)c(-c3ccccc3)n2)sc2c1CCc1ccccc1-2. The largest absolute Gasteiger partial charge is 0.317 e. The van der Waals surface area contributed by atoms with Crippen LogP contribution in [0.1, 0.15) is 23.1 Å². The van der Waals surface area contributed by atoms with Crippen LogP contribution in [0.5, 0.6) is 0 Å². The molecule has 8 heteroatoms. The smallest absolute Gasteiger partial charge is 0.225 e. The van der Waals surface area contributed by atoms with Crippen LogP contribution in [0.2, 0.25) is 0 Å². The summed E-state index contributed by atoms with van der Waals surface area (Å²) >= 11 is 2.88. The molecule has 1 N–H and O–H groups in total. The maximum absolute atomic E-state index is 12.9. The van der Waals surface area contributed by atoms with E-state index in [1.54, 1.807) is 0 Å². The molecule has 5 aromatic rings. The predicted molar refractivity (Wildman–Crippen MR) is 157 cm³/mol. The van der Waals surface area contributed by atoms with Gasteiger partial charge in [0, 0.05) is 28.2 Å². The van der Waals surface area contributed by atoms with E-state index in [1.807, 2.05) is 72.8 Å². The summed E-state index contributed by atoms with van der Waals surface area (Å²) < 4.78 is 0. The van der Waals surface area contributed by atoms with Crippen LogP contribution in [0.4, 0.5) is 5.00 Å². The molecule has 6 nitrogen and oxygen atoms in total. The molecule has 0 radical (unpaired) electrons. The lowest BCUT2D eigenvalue weighted by molar-refractivity contribution is -0.115. The lowest BCUT2D eigenvalue weighted by Gasteiger charge is -2.15. The van der Waals surface area contributed by atoms with Crippen molar-refractivity contribution in [1.82, 2.24) is 15.2 Å². The van der Waals surface area contributed by atoms with Gasteiger partial charge in [-0.25, -0.2) is 4.98 Å². The number of aromatic nitrogens is 3. The summed E-state index contributed by atoms with van der Waals surface area (Å²) in [5.41, 5.74) is 7.45. The first kappa shape index (κ1) is 25.0. The third-order valence-electron chi connectivity index (χ3n) is 6.60. The Labute approximate surface area is 234 Å². The van der Waals surface area contributed by atoms with Crippen molar-refractivity contribution in [1.29, 1.82) is 5.26 Å². The van der Waals surface area contributed by atoms with Crippen molar-refractivity contribution >= 4 is 34.0 Å². The molecule has 0 aliphatic heterocycles. The molecule has 0 bridgehead atoms. The first-order valence-corrected chi connectivity index (χ1v) is 14.4. The Hall–Kier alpha value is -4.32. The summed E-state index contributed by atoms with van der Waals surface area (Å²) in [6, 6.07) is 30.4. The van der Waals surface area contributed by atoms with Gasteiger partial charge in [-0.3, -0.25) is 4.79 Å². The van der Waals surface area contributed by atoms with Gasteiger partial charge in [0.2, 0.25) is 11.1 Å². The second-order valence-electron chi connectivity index (χ2n) is 9.05. The van der Waals surface area contributed by atoms with Gasteiger partial charge in [0.15, 0.2) is 0 Å². The predicted octanol–water partition coefficient (Wildman–Crippen LogP) is 7.03. The lowest BCUT2D eigenvalue weighted by Crippen LogP contribution is -2.12. The number of hydrogen-bond donors (Lipinski definition) is 1. The fraction of sp³-hybridized carbons (Fsp3) is 0.129. The summed E-state index contributed by atoms with van der Waals surface area (Å²) in [5, 5.41) is 22.8. The molecular weight excluding hydrogens is 523 g/mol. The summed E-state index contributed by atoms with van der Waals surface area (Å²) in [5.74, 6) is 0.352. The van der Waals surface area contributed by atoms with Crippen molar-refractivity contribution in [2.24, 2.45) is 0 Å². The molecule has 1 aliphatic rings. The summed E-state index contributed by atoms with van der Waals surface area (Å²) in [7, 11) is 0. The van der Waals surface area contributed by atoms with E-state index < -0.39 is 0 Å². The highest BCUT2D eigenvalue weighted by Crippen LogP contribution is 2.44. The van der Waals surface area contributed by atoms with E-state index in [9.17, 15) is 10.1 Å². The first-order chi connectivity index (χ1) is 19.2. The number of nitrogens with one attached hydrogen (secondary N) is 1. The zero-order valence-corrected chi connectivity index (χ0v) is 22.6. The normalized spacial score (nSPS) is 11.8. The molecule has 2 aromatic heterocycles. The highest BCUT2D eigenvalue weighted by atomic mass is 32.2. The summed E-state index contributed by atoms with van der Waals surface area (Å²) in [6.45, 7) is 0. The number of benzene rings is 3. The molecule has 0 spiro atoms. The molecule has 1 aliphatic carbocycles. The second kappa shape index (κ2) is 11.2. The van der Waals surface area contributed by atoms with Crippen LogP contribution in [0.25, 0.3) is 33.0 Å². The molecule has 0 atom stereocenters. The van der Waals surface area contributed by atoms with Gasteiger partial charge in [0.1, 0.15) is 22.5 Å². The van der Waals surface area contributed by atoms with Crippen molar-refractivity contribution in [2.75, 3.05) is 11.1 Å². The molecule has 0 fully saturated rings. The topological polar surface area (TPSA) is 91.6 Å². The second-order valence-corrected chi connectivity index (χ2v) is 11.1. The number of anilines is 1. The fourth-order valence-electron chi connectivity index (χ4n) is 4.73. The molecule has 2 heterocycles. The van der Waals surface area contributed by atoms with Gasteiger partial charge in [-0.1, -0.05) is 96.7 Å². The first-order valence-electron chi connectivity index (χ1n) is 12.6. The van der Waals surface area contributed by atoms with Crippen LogP contribution in [-0.2, 0) is 17.6 Å². The van der Waals surface area contributed by atoms with Gasteiger partial charge in [-0.15, -0.1) is 21.5 Å². The van der Waals surface area contributed by atoms with Crippen molar-refractivity contribution in [3.8, 4) is 39.0 Å². The van der Waals surface area contributed by atoms with E-state index in [4.69, 9.17) is 4.98 Å². The Kier molecular flexibility index (Phi) is 7.17. The number of nitrogens with zero attached hydrogens (tertiary/aromatic N) is 4. The van der Waals surface area contributed by atoms with E-state index in [1.165, 1.54) is 28.7 Å². The van der Waals surface area contributed by atoms with E-state index in [2.05, 4.69) is 33.7 Å². The molecule has 0 unspecified atom stereocenters. The minimum atomic E-state index is -0.136.